The number of allylic oxidation sites excluding steroid dienone is 1. The van der Waals surface area contributed by atoms with Crippen molar-refractivity contribution in [3.05, 3.63) is 48.0 Å². The van der Waals surface area contributed by atoms with Crippen LogP contribution in [0.1, 0.15) is 18.1 Å². The third-order valence-electron chi connectivity index (χ3n) is 2.44. The van der Waals surface area contributed by atoms with Gasteiger partial charge in [-0.05, 0) is 23.6 Å². The zero-order chi connectivity index (χ0) is 12.1. The Kier molecular flexibility index (Phi) is 3.31. The Bertz CT molecular complexity index is 561. The molecule has 1 aromatic heterocycles. The summed E-state index contributed by atoms with van der Waals surface area (Å²) in [7, 11) is 0. The van der Waals surface area contributed by atoms with E-state index in [4.69, 9.17) is 5.26 Å². The number of hydrogen-bond acceptors (Lipinski definition) is 3. The first kappa shape index (κ1) is 11.1. The predicted octanol–water partition coefficient (Wildman–Crippen LogP) is 2.36. The van der Waals surface area contributed by atoms with Crippen LogP contribution in [0.25, 0.3) is 11.8 Å². The Hall–Kier alpha value is -2.41. The van der Waals surface area contributed by atoms with Crippen molar-refractivity contribution >= 4 is 11.8 Å². The van der Waals surface area contributed by atoms with E-state index in [0.29, 0.717) is 5.70 Å². The van der Waals surface area contributed by atoms with Crippen LogP contribution < -0.4 is 0 Å². The predicted molar refractivity (Wildman–Crippen MR) is 65.6 cm³/mol. The highest BCUT2D eigenvalue weighted by atomic mass is 15.3. The molecule has 17 heavy (non-hydrogen) atoms. The fourth-order valence-corrected chi connectivity index (χ4v) is 1.54. The van der Waals surface area contributed by atoms with Gasteiger partial charge in [-0.25, -0.2) is 9.67 Å². The van der Waals surface area contributed by atoms with Gasteiger partial charge in [0, 0.05) is 0 Å². The minimum Gasteiger partial charge on any atom is -0.223 e. The van der Waals surface area contributed by atoms with Crippen molar-refractivity contribution in [1.82, 2.24) is 14.8 Å². The molecule has 84 valence electrons. The van der Waals surface area contributed by atoms with Crippen molar-refractivity contribution in [1.29, 1.82) is 5.26 Å². The van der Waals surface area contributed by atoms with Crippen LogP contribution in [-0.4, -0.2) is 14.8 Å². The summed E-state index contributed by atoms with van der Waals surface area (Å²) in [5, 5.41) is 13.0. The molecule has 0 fully saturated rings. The zero-order valence-electron chi connectivity index (χ0n) is 9.54. The van der Waals surface area contributed by atoms with Gasteiger partial charge >= 0.3 is 0 Å². The largest absolute Gasteiger partial charge is 0.223 e. The number of aryl methyl sites for hydroxylation is 1. The first-order chi connectivity index (χ1) is 8.33. The summed E-state index contributed by atoms with van der Waals surface area (Å²) < 4.78 is 1.46. The lowest BCUT2D eigenvalue weighted by molar-refractivity contribution is 0.914. The van der Waals surface area contributed by atoms with Gasteiger partial charge < -0.3 is 0 Å². The maximum absolute atomic E-state index is 9.08. The molecule has 1 heterocycles. The molecule has 0 amide bonds. The normalized spacial score (nSPS) is 11.2. The van der Waals surface area contributed by atoms with E-state index in [-0.39, 0.29) is 0 Å². The topological polar surface area (TPSA) is 54.5 Å². The SMILES string of the molecule is CCc1cccc(/C=C(\C#N)n2cncn2)c1. The van der Waals surface area contributed by atoms with Gasteiger partial charge in [-0.3, -0.25) is 0 Å². The molecule has 0 saturated carbocycles. The van der Waals surface area contributed by atoms with Crippen LogP contribution in [0, 0.1) is 11.3 Å². The summed E-state index contributed by atoms with van der Waals surface area (Å²) in [6.07, 6.45) is 5.70. The van der Waals surface area contributed by atoms with E-state index in [1.165, 1.54) is 22.9 Å². The summed E-state index contributed by atoms with van der Waals surface area (Å²) in [6.45, 7) is 2.10. The third kappa shape index (κ3) is 2.58. The van der Waals surface area contributed by atoms with Gasteiger partial charge in [0.25, 0.3) is 0 Å². The maximum Gasteiger partial charge on any atom is 0.144 e. The Morgan fingerprint density at radius 1 is 1.53 bits per heavy atom. The molecule has 0 aliphatic heterocycles. The first-order valence-electron chi connectivity index (χ1n) is 5.39. The van der Waals surface area contributed by atoms with Crippen molar-refractivity contribution in [2.75, 3.05) is 0 Å². The Morgan fingerprint density at radius 3 is 3.06 bits per heavy atom. The second-order valence-corrected chi connectivity index (χ2v) is 3.58. The van der Waals surface area contributed by atoms with Gasteiger partial charge in [-0.2, -0.15) is 10.4 Å². The summed E-state index contributed by atoms with van der Waals surface area (Å²) in [6, 6.07) is 10.2. The van der Waals surface area contributed by atoms with E-state index < -0.39 is 0 Å². The second kappa shape index (κ2) is 5.08. The van der Waals surface area contributed by atoms with Crippen LogP contribution in [0.3, 0.4) is 0 Å². The van der Waals surface area contributed by atoms with Crippen LogP contribution in [-0.2, 0) is 6.42 Å². The van der Waals surface area contributed by atoms with E-state index in [0.717, 1.165) is 12.0 Å². The van der Waals surface area contributed by atoms with Crippen molar-refractivity contribution in [2.24, 2.45) is 0 Å². The molecule has 2 rings (SSSR count). The van der Waals surface area contributed by atoms with Gasteiger partial charge in [0.1, 0.15) is 24.4 Å². The lowest BCUT2D eigenvalue weighted by Gasteiger charge is -2.00. The van der Waals surface area contributed by atoms with Crippen LogP contribution in [0.2, 0.25) is 0 Å². The minimum atomic E-state index is 0.454. The Balaban J connectivity index is 2.37. The molecule has 0 radical (unpaired) electrons. The monoisotopic (exact) mass is 224 g/mol. The quantitative estimate of drug-likeness (QED) is 0.752. The minimum absolute atomic E-state index is 0.454. The fourth-order valence-electron chi connectivity index (χ4n) is 1.54. The highest BCUT2D eigenvalue weighted by molar-refractivity contribution is 5.78. The number of nitriles is 1. The van der Waals surface area contributed by atoms with Gasteiger partial charge in [0.15, 0.2) is 0 Å². The van der Waals surface area contributed by atoms with Crippen LogP contribution >= 0.6 is 0 Å². The van der Waals surface area contributed by atoms with Crippen LogP contribution in [0.4, 0.5) is 0 Å². The summed E-state index contributed by atoms with van der Waals surface area (Å²) in [5.41, 5.74) is 2.70. The van der Waals surface area contributed by atoms with E-state index >= 15 is 0 Å². The smallest absolute Gasteiger partial charge is 0.144 e. The van der Waals surface area contributed by atoms with Crippen molar-refractivity contribution in [3.8, 4) is 6.07 Å². The van der Waals surface area contributed by atoms with Gasteiger partial charge in [0.05, 0.1) is 0 Å². The molecule has 4 nitrogen and oxygen atoms in total. The Morgan fingerprint density at radius 2 is 2.41 bits per heavy atom. The van der Waals surface area contributed by atoms with Crippen LogP contribution in [0.15, 0.2) is 36.9 Å². The highest BCUT2D eigenvalue weighted by Crippen LogP contribution is 2.12. The molecule has 0 bridgehead atoms. The molecule has 2 aromatic rings. The maximum atomic E-state index is 9.08. The lowest BCUT2D eigenvalue weighted by Crippen LogP contribution is -1.95. The van der Waals surface area contributed by atoms with E-state index in [9.17, 15) is 0 Å². The average molecular weight is 224 g/mol. The molecule has 0 aliphatic carbocycles. The highest BCUT2D eigenvalue weighted by Gasteiger charge is 2.00. The molecule has 0 spiro atoms. The van der Waals surface area contributed by atoms with Crippen molar-refractivity contribution in [2.45, 2.75) is 13.3 Å². The Labute approximate surface area is 99.8 Å². The average Bonchev–Trinajstić information content (AvgIpc) is 2.90. The number of rotatable bonds is 3. The van der Waals surface area contributed by atoms with Crippen molar-refractivity contribution < 1.29 is 0 Å². The zero-order valence-corrected chi connectivity index (χ0v) is 9.54. The number of nitrogens with zero attached hydrogens (tertiary/aromatic N) is 4. The molecule has 0 atom stereocenters. The molecule has 0 unspecified atom stereocenters. The molecule has 4 heteroatoms. The summed E-state index contributed by atoms with van der Waals surface area (Å²) in [4.78, 5) is 3.83. The first-order valence-corrected chi connectivity index (χ1v) is 5.39. The standard InChI is InChI=1S/C13H12N4/c1-2-11-4-3-5-12(6-11)7-13(8-14)17-10-15-9-16-17/h3-7,9-10H,2H2,1H3/b13-7+. The number of aromatic nitrogens is 3. The third-order valence-corrected chi connectivity index (χ3v) is 2.44. The molecule has 0 saturated heterocycles. The lowest BCUT2D eigenvalue weighted by atomic mass is 10.1. The van der Waals surface area contributed by atoms with E-state index in [1.54, 1.807) is 6.08 Å². The summed E-state index contributed by atoms with van der Waals surface area (Å²) in [5.74, 6) is 0. The molecule has 0 N–H and O–H groups in total. The second-order valence-electron chi connectivity index (χ2n) is 3.58. The summed E-state index contributed by atoms with van der Waals surface area (Å²) >= 11 is 0. The van der Waals surface area contributed by atoms with E-state index in [1.807, 2.05) is 12.1 Å². The number of hydrogen-bond donors (Lipinski definition) is 0. The van der Waals surface area contributed by atoms with Crippen LogP contribution in [0.5, 0.6) is 0 Å². The molecular weight excluding hydrogens is 212 g/mol. The van der Waals surface area contributed by atoms with Gasteiger partial charge in [-0.1, -0.05) is 31.2 Å². The molecular formula is C13H12N4. The van der Waals surface area contributed by atoms with E-state index in [2.05, 4.69) is 35.2 Å². The molecule has 1 aromatic carbocycles. The van der Waals surface area contributed by atoms with Gasteiger partial charge in [0.2, 0.25) is 0 Å². The number of benzene rings is 1. The van der Waals surface area contributed by atoms with Crippen molar-refractivity contribution in [3.63, 3.8) is 0 Å². The molecule has 0 aliphatic rings. The fraction of sp³-hybridized carbons (Fsp3) is 0.154. The van der Waals surface area contributed by atoms with Gasteiger partial charge in [-0.15, -0.1) is 0 Å².